The van der Waals surface area contributed by atoms with Crippen molar-refractivity contribution >= 4 is 5.78 Å². The number of Topliss-reactive ketones (excluding diaryl/α,β-unsaturated/α-hetero) is 1. The molecular formula is C17H20O2. The number of hydrogen-bond acceptors (Lipinski definition) is 2. The molecule has 0 fully saturated rings. The first-order valence-corrected chi connectivity index (χ1v) is 6.31. The highest BCUT2D eigenvalue weighted by Crippen LogP contribution is 2.05. The van der Waals surface area contributed by atoms with Crippen molar-refractivity contribution in [2.24, 2.45) is 0 Å². The summed E-state index contributed by atoms with van der Waals surface area (Å²) in [6.45, 7) is 4.41. The lowest BCUT2D eigenvalue weighted by Gasteiger charge is -2.03. The maximum atomic E-state index is 9.44. The number of ketones is 1. The third-order valence-corrected chi connectivity index (χ3v) is 2.22. The normalized spacial score (nSPS) is 9.37. The van der Waals surface area contributed by atoms with Gasteiger partial charge in [-0.15, -0.1) is 0 Å². The Kier molecular flexibility index (Phi) is 7.21. The van der Waals surface area contributed by atoms with Gasteiger partial charge < -0.3 is 9.53 Å². The molecule has 2 nitrogen and oxygen atoms in total. The molecule has 0 saturated carbocycles. The predicted molar refractivity (Wildman–Crippen MR) is 77.7 cm³/mol. The Morgan fingerprint density at radius 2 is 1.11 bits per heavy atom. The summed E-state index contributed by atoms with van der Waals surface area (Å²) in [7, 11) is 0. The molecule has 2 aromatic carbocycles. The molecule has 100 valence electrons. The SMILES string of the molecule is CC(C)=O.c1ccc(COCc2ccccc2)cc1. The highest BCUT2D eigenvalue weighted by molar-refractivity contribution is 5.72. The summed E-state index contributed by atoms with van der Waals surface area (Å²) in [5.41, 5.74) is 2.43. The van der Waals surface area contributed by atoms with E-state index in [4.69, 9.17) is 4.74 Å². The van der Waals surface area contributed by atoms with Gasteiger partial charge in [-0.25, -0.2) is 0 Å². The van der Waals surface area contributed by atoms with Gasteiger partial charge in [-0.3, -0.25) is 0 Å². The predicted octanol–water partition coefficient (Wildman–Crippen LogP) is 4.00. The number of carbonyl (C=O) groups is 1. The monoisotopic (exact) mass is 256 g/mol. The molecule has 0 spiro atoms. The second kappa shape index (κ2) is 9.06. The molecule has 0 amide bonds. The highest BCUT2D eigenvalue weighted by atomic mass is 16.5. The third kappa shape index (κ3) is 7.90. The summed E-state index contributed by atoms with van der Waals surface area (Å²) < 4.78 is 5.61. The largest absolute Gasteiger partial charge is 0.372 e. The van der Waals surface area contributed by atoms with E-state index in [0.717, 1.165) is 0 Å². The number of carbonyl (C=O) groups excluding carboxylic acids is 1. The smallest absolute Gasteiger partial charge is 0.126 e. The van der Waals surface area contributed by atoms with Gasteiger partial charge in [-0.2, -0.15) is 0 Å². The summed E-state index contributed by atoms with van der Waals surface area (Å²) in [5, 5.41) is 0. The van der Waals surface area contributed by atoms with Crippen molar-refractivity contribution in [1.29, 1.82) is 0 Å². The van der Waals surface area contributed by atoms with Crippen molar-refractivity contribution in [3.8, 4) is 0 Å². The van der Waals surface area contributed by atoms with Crippen LogP contribution in [0.5, 0.6) is 0 Å². The topological polar surface area (TPSA) is 26.3 Å². The lowest BCUT2D eigenvalue weighted by atomic mass is 10.2. The quantitative estimate of drug-likeness (QED) is 0.826. The fraction of sp³-hybridized carbons (Fsp3) is 0.235. The zero-order chi connectivity index (χ0) is 13.9. The molecule has 0 unspecified atom stereocenters. The maximum Gasteiger partial charge on any atom is 0.126 e. The minimum atomic E-state index is 0.167. The Bertz CT molecular complexity index is 420. The minimum absolute atomic E-state index is 0.167. The summed E-state index contributed by atoms with van der Waals surface area (Å²) in [5.74, 6) is 0.167. The van der Waals surface area contributed by atoms with Gasteiger partial charge in [0.15, 0.2) is 0 Å². The van der Waals surface area contributed by atoms with E-state index in [1.54, 1.807) is 0 Å². The molecule has 0 aliphatic rings. The standard InChI is InChI=1S/C14H14O.C3H6O/c1-3-7-13(8-4-1)11-15-12-14-9-5-2-6-10-14;1-3(2)4/h1-10H,11-12H2;1-2H3. The van der Waals surface area contributed by atoms with Crippen molar-refractivity contribution in [3.63, 3.8) is 0 Å². The average Bonchev–Trinajstić information content (AvgIpc) is 2.41. The maximum absolute atomic E-state index is 9.44. The lowest BCUT2D eigenvalue weighted by Crippen LogP contribution is -1.93. The van der Waals surface area contributed by atoms with Crippen molar-refractivity contribution in [2.45, 2.75) is 27.1 Å². The first-order valence-electron chi connectivity index (χ1n) is 6.31. The van der Waals surface area contributed by atoms with Crippen LogP contribution in [0.15, 0.2) is 60.7 Å². The van der Waals surface area contributed by atoms with Crippen LogP contribution in [0.3, 0.4) is 0 Å². The molecular weight excluding hydrogens is 236 g/mol. The van der Waals surface area contributed by atoms with Crippen molar-refractivity contribution in [2.75, 3.05) is 0 Å². The van der Waals surface area contributed by atoms with E-state index in [0.29, 0.717) is 13.2 Å². The first kappa shape index (κ1) is 15.1. The van der Waals surface area contributed by atoms with Gasteiger partial charge in [0.2, 0.25) is 0 Å². The zero-order valence-corrected chi connectivity index (χ0v) is 11.5. The molecule has 0 radical (unpaired) electrons. The summed E-state index contributed by atoms with van der Waals surface area (Å²) >= 11 is 0. The number of rotatable bonds is 4. The molecule has 0 saturated heterocycles. The molecule has 2 aromatic rings. The Morgan fingerprint density at radius 1 is 0.789 bits per heavy atom. The molecule has 0 bridgehead atoms. The van der Waals surface area contributed by atoms with Crippen LogP contribution in [0.4, 0.5) is 0 Å². The van der Waals surface area contributed by atoms with Crippen molar-refractivity contribution < 1.29 is 9.53 Å². The van der Waals surface area contributed by atoms with Crippen LogP contribution in [0, 0.1) is 0 Å². The second-order valence-corrected chi connectivity index (χ2v) is 4.37. The van der Waals surface area contributed by atoms with Crippen LogP contribution in [0.25, 0.3) is 0 Å². The van der Waals surface area contributed by atoms with Gasteiger partial charge in [0, 0.05) is 0 Å². The van der Waals surface area contributed by atoms with Gasteiger partial charge in [0.05, 0.1) is 13.2 Å². The van der Waals surface area contributed by atoms with E-state index in [9.17, 15) is 4.79 Å². The Hall–Kier alpha value is -1.93. The van der Waals surface area contributed by atoms with E-state index in [-0.39, 0.29) is 5.78 Å². The zero-order valence-electron chi connectivity index (χ0n) is 11.5. The summed E-state index contributed by atoms with van der Waals surface area (Å²) in [6.07, 6.45) is 0. The third-order valence-electron chi connectivity index (χ3n) is 2.22. The highest BCUT2D eigenvalue weighted by Gasteiger charge is 1.93. The van der Waals surface area contributed by atoms with E-state index >= 15 is 0 Å². The molecule has 2 rings (SSSR count). The minimum Gasteiger partial charge on any atom is -0.372 e. The summed E-state index contributed by atoms with van der Waals surface area (Å²) in [6, 6.07) is 20.4. The van der Waals surface area contributed by atoms with Crippen LogP contribution in [-0.2, 0) is 22.7 Å². The molecule has 0 atom stereocenters. The number of benzene rings is 2. The molecule has 0 aliphatic carbocycles. The van der Waals surface area contributed by atoms with Crippen LogP contribution in [0.1, 0.15) is 25.0 Å². The number of hydrogen-bond donors (Lipinski definition) is 0. The van der Waals surface area contributed by atoms with Crippen molar-refractivity contribution in [1.82, 2.24) is 0 Å². The molecule has 0 aromatic heterocycles. The number of ether oxygens (including phenoxy) is 1. The van der Waals surface area contributed by atoms with Crippen LogP contribution < -0.4 is 0 Å². The molecule has 0 N–H and O–H groups in total. The van der Waals surface area contributed by atoms with Gasteiger partial charge in [-0.1, -0.05) is 60.7 Å². The Balaban J connectivity index is 0.000000399. The summed E-state index contributed by atoms with van der Waals surface area (Å²) in [4.78, 5) is 9.44. The van der Waals surface area contributed by atoms with Gasteiger partial charge in [-0.05, 0) is 25.0 Å². The fourth-order valence-corrected chi connectivity index (χ4v) is 1.44. The van der Waals surface area contributed by atoms with E-state index in [2.05, 4.69) is 24.3 Å². The van der Waals surface area contributed by atoms with Crippen LogP contribution in [-0.4, -0.2) is 5.78 Å². The van der Waals surface area contributed by atoms with Gasteiger partial charge in [0.1, 0.15) is 5.78 Å². The van der Waals surface area contributed by atoms with E-state index in [1.165, 1.54) is 25.0 Å². The van der Waals surface area contributed by atoms with E-state index < -0.39 is 0 Å². The average molecular weight is 256 g/mol. The van der Waals surface area contributed by atoms with Crippen LogP contribution in [0.2, 0.25) is 0 Å². The molecule has 0 heterocycles. The molecule has 0 aliphatic heterocycles. The molecule has 19 heavy (non-hydrogen) atoms. The van der Waals surface area contributed by atoms with Gasteiger partial charge >= 0.3 is 0 Å². The van der Waals surface area contributed by atoms with E-state index in [1.807, 2.05) is 36.4 Å². The Morgan fingerprint density at radius 3 is 1.42 bits per heavy atom. The first-order chi connectivity index (χ1) is 9.18. The van der Waals surface area contributed by atoms with Crippen molar-refractivity contribution in [3.05, 3.63) is 71.8 Å². The molecule has 2 heteroatoms. The van der Waals surface area contributed by atoms with Gasteiger partial charge in [0.25, 0.3) is 0 Å². The second-order valence-electron chi connectivity index (χ2n) is 4.37. The van der Waals surface area contributed by atoms with Crippen LogP contribution >= 0.6 is 0 Å². The fourth-order valence-electron chi connectivity index (χ4n) is 1.44. The Labute approximate surface area is 115 Å². The lowest BCUT2D eigenvalue weighted by molar-refractivity contribution is -0.114.